The molecule has 0 aliphatic rings. The first-order chi connectivity index (χ1) is 7.95. The Hall–Kier alpha value is -0.820. The summed E-state index contributed by atoms with van der Waals surface area (Å²) in [6.07, 6.45) is 2.50. The van der Waals surface area contributed by atoms with E-state index in [1.807, 2.05) is 0 Å². The summed E-state index contributed by atoms with van der Waals surface area (Å²) in [7, 11) is 2.07. The zero-order valence-corrected chi connectivity index (χ0v) is 12.2. The van der Waals surface area contributed by atoms with Gasteiger partial charge in [0, 0.05) is 6.04 Å². The lowest BCUT2D eigenvalue weighted by atomic mass is 9.92. The third-order valence-electron chi connectivity index (χ3n) is 3.64. The highest BCUT2D eigenvalue weighted by atomic mass is 14.9. The van der Waals surface area contributed by atoms with Crippen LogP contribution in [0.3, 0.4) is 0 Å². The van der Waals surface area contributed by atoms with E-state index in [2.05, 4.69) is 59.1 Å². The summed E-state index contributed by atoms with van der Waals surface area (Å²) in [4.78, 5) is 0. The van der Waals surface area contributed by atoms with Crippen molar-refractivity contribution in [1.29, 1.82) is 0 Å². The molecular weight excluding hydrogens is 206 g/mol. The molecule has 0 saturated heterocycles. The van der Waals surface area contributed by atoms with Crippen LogP contribution in [0.1, 0.15) is 55.0 Å². The van der Waals surface area contributed by atoms with Crippen LogP contribution in [-0.4, -0.2) is 7.05 Å². The van der Waals surface area contributed by atoms with Crippen molar-refractivity contribution >= 4 is 0 Å². The fourth-order valence-electron chi connectivity index (χ4n) is 2.31. The third kappa shape index (κ3) is 3.85. The van der Waals surface area contributed by atoms with Gasteiger partial charge in [0.2, 0.25) is 0 Å². The molecule has 96 valence electrons. The maximum Gasteiger partial charge on any atom is 0.0320 e. The predicted molar refractivity (Wildman–Crippen MR) is 76.5 cm³/mol. The molecule has 0 heterocycles. The molecule has 0 bridgehead atoms. The van der Waals surface area contributed by atoms with Crippen molar-refractivity contribution in [2.24, 2.45) is 5.92 Å². The molecule has 0 aromatic heterocycles. The maximum absolute atomic E-state index is 3.46. The normalized spacial score (nSPS) is 13.1. The van der Waals surface area contributed by atoms with Crippen molar-refractivity contribution in [1.82, 2.24) is 5.32 Å². The van der Waals surface area contributed by atoms with Crippen molar-refractivity contribution < 1.29 is 0 Å². The van der Waals surface area contributed by atoms with Crippen molar-refractivity contribution in [3.63, 3.8) is 0 Å². The lowest BCUT2D eigenvalue weighted by molar-refractivity contribution is 0.463. The fraction of sp³-hybridized carbons (Fsp3) is 0.625. The van der Waals surface area contributed by atoms with Crippen molar-refractivity contribution in [2.45, 2.75) is 53.5 Å². The number of aryl methyl sites for hydroxylation is 3. The van der Waals surface area contributed by atoms with Gasteiger partial charge in [0.25, 0.3) is 0 Å². The zero-order valence-electron chi connectivity index (χ0n) is 12.2. The molecule has 1 heteroatoms. The Bertz CT molecular complexity index is 366. The van der Waals surface area contributed by atoms with Gasteiger partial charge < -0.3 is 5.32 Å². The first kappa shape index (κ1) is 14.2. The van der Waals surface area contributed by atoms with Crippen LogP contribution < -0.4 is 5.32 Å². The van der Waals surface area contributed by atoms with E-state index in [4.69, 9.17) is 0 Å². The highest BCUT2D eigenvalue weighted by Gasteiger charge is 2.13. The molecule has 0 spiro atoms. The minimum atomic E-state index is 0.497. The monoisotopic (exact) mass is 233 g/mol. The predicted octanol–water partition coefficient (Wildman–Crippen LogP) is 4.31. The molecule has 0 fully saturated rings. The van der Waals surface area contributed by atoms with Crippen molar-refractivity contribution in [3.05, 3.63) is 34.4 Å². The van der Waals surface area contributed by atoms with Crippen LogP contribution in [-0.2, 0) is 0 Å². The van der Waals surface area contributed by atoms with Gasteiger partial charge in [-0.2, -0.15) is 0 Å². The van der Waals surface area contributed by atoms with Gasteiger partial charge >= 0.3 is 0 Å². The number of nitrogens with one attached hydrogen (secondary N) is 1. The number of benzene rings is 1. The molecular formula is C16H27N. The number of hydrogen-bond donors (Lipinski definition) is 1. The molecule has 0 aliphatic heterocycles. The Morgan fingerprint density at radius 3 is 2.06 bits per heavy atom. The van der Waals surface area contributed by atoms with Gasteiger partial charge in [-0.15, -0.1) is 0 Å². The first-order valence-electron chi connectivity index (χ1n) is 6.70. The summed E-state index contributed by atoms with van der Waals surface area (Å²) in [5, 5.41) is 3.46. The SMILES string of the molecule is CNC(CCC(C)C)c1cc(C)c(C)cc1C. The van der Waals surface area contributed by atoms with E-state index in [0.29, 0.717) is 6.04 Å². The largest absolute Gasteiger partial charge is 0.313 e. The van der Waals surface area contributed by atoms with Gasteiger partial charge in [0.1, 0.15) is 0 Å². The standard InChI is InChI=1S/C16H27N/c1-11(2)7-8-16(17-6)15-10-13(4)12(3)9-14(15)5/h9-11,16-17H,7-8H2,1-6H3. The number of rotatable bonds is 5. The van der Waals surface area contributed by atoms with E-state index in [0.717, 1.165) is 5.92 Å². The van der Waals surface area contributed by atoms with Crippen LogP contribution in [0.4, 0.5) is 0 Å². The zero-order chi connectivity index (χ0) is 13.0. The second kappa shape index (κ2) is 6.20. The first-order valence-corrected chi connectivity index (χ1v) is 6.70. The van der Waals surface area contributed by atoms with E-state index in [1.54, 1.807) is 0 Å². The molecule has 1 nitrogen and oxygen atoms in total. The molecule has 17 heavy (non-hydrogen) atoms. The van der Waals surface area contributed by atoms with Crippen LogP contribution in [0, 0.1) is 26.7 Å². The van der Waals surface area contributed by atoms with Gasteiger partial charge in [-0.1, -0.05) is 26.0 Å². The van der Waals surface area contributed by atoms with Gasteiger partial charge in [-0.3, -0.25) is 0 Å². The average molecular weight is 233 g/mol. The third-order valence-corrected chi connectivity index (χ3v) is 3.64. The summed E-state index contributed by atoms with van der Waals surface area (Å²) in [5.74, 6) is 0.776. The van der Waals surface area contributed by atoms with Gasteiger partial charge in [-0.05, 0) is 68.8 Å². The van der Waals surface area contributed by atoms with Crippen LogP contribution >= 0.6 is 0 Å². The lowest BCUT2D eigenvalue weighted by Gasteiger charge is -2.21. The number of hydrogen-bond acceptors (Lipinski definition) is 1. The average Bonchev–Trinajstić information content (AvgIpc) is 2.25. The fourth-order valence-corrected chi connectivity index (χ4v) is 2.31. The summed E-state index contributed by atoms with van der Waals surface area (Å²) in [6.45, 7) is 11.2. The minimum absolute atomic E-state index is 0.497. The van der Waals surface area contributed by atoms with Gasteiger partial charge in [0.05, 0.1) is 0 Å². The van der Waals surface area contributed by atoms with Crippen LogP contribution in [0.15, 0.2) is 12.1 Å². The lowest BCUT2D eigenvalue weighted by Crippen LogP contribution is -2.18. The maximum atomic E-state index is 3.46. The summed E-state index contributed by atoms with van der Waals surface area (Å²) in [6, 6.07) is 5.16. The van der Waals surface area contributed by atoms with Crippen LogP contribution in [0.25, 0.3) is 0 Å². The highest BCUT2D eigenvalue weighted by Crippen LogP contribution is 2.26. The summed E-state index contributed by atoms with van der Waals surface area (Å²) in [5.41, 5.74) is 5.67. The molecule has 1 rings (SSSR count). The Balaban J connectivity index is 2.91. The highest BCUT2D eigenvalue weighted by molar-refractivity contribution is 5.38. The Morgan fingerprint density at radius 1 is 0.941 bits per heavy atom. The summed E-state index contributed by atoms with van der Waals surface area (Å²) >= 11 is 0. The Labute approximate surface area is 107 Å². The van der Waals surface area contributed by atoms with E-state index >= 15 is 0 Å². The second-order valence-corrected chi connectivity index (χ2v) is 5.61. The van der Waals surface area contributed by atoms with Crippen LogP contribution in [0.5, 0.6) is 0 Å². The smallest absolute Gasteiger partial charge is 0.0320 e. The molecule has 1 atom stereocenters. The molecule has 0 aliphatic carbocycles. The van der Waals surface area contributed by atoms with E-state index in [1.165, 1.54) is 35.1 Å². The molecule has 1 aromatic rings. The van der Waals surface area contributed by atoms with Crippen LogP contribution in [0.2, 0.25) is 0 Å². The molecule has 1 aromatic carbocycles. The molecule has 1 unspecified atom stereocenters. The molecule has 0 amide bonds. The topological polar surface area (TPSA) is 12.0 Å². The Kier molecular flexibility index (Phi) is 5.20. The summed E-state index contributed by atoms with van der Waals surface area (Å²) < 4.78 is 0. The minimum Gasteiger partial charge on any atom is -0.313 e. The molecule has 1 N–H and O–H groups in total. The van der Waals surface area contributed by atoms with Gasteiger partial charge in [0.15, 0.2) is 0 Å². The second-order valence-electron chi connectivity index (χ2n) is 5.61. The van der Waals surface area contributed by atoms with E-state index in [-0.39, 0.29) is 0 Å². The Morgan fingerprint density at radius 2 is 1.53 bits per heavy atom. The molecule has 0 radical (unpaired) electrons. The van der Waals surface area contributed by atoms with Crippen molar-refractivity contribution in [2.75, 3.05) is 7.05 Å². The molecule has 0 saturated carbocycles. The van der Waals surface area contributed by atoms with Gasteiger partial charge in [-0.25, -0.2) is 0 Å². The van der Waals surface area contributed by atoms with E-state index < -0.39 is 0 Å². The van der Waals surface area contributed by atoms with Crippen molar-refractivity contribution in [3.8, 4) is 0 Å². The van der Waals surface area contributed by atoms with E-state index in [9.17, 15) is 0 Å². The quantitative estimate of drug-likeness (QED) is 0.799.